The van der Waals surface area contributed by atoms with E-state index in [4.69, 9.17) is 0 Å². The Labute approximate surface area is 69.9 Å². The molecule has 1 unspecified atom stereocenters. The summed E-state index contributed by atoms with van der Waals surface area (Å²) in [6.45, 7) is 2.29. The number of hydrogen-bond donors (Lipinski definition) is 1. The number of hydrogen-bond acceptors (Lipinski definition) is 2. The fourth-order valence-electron chi connectivity index (χ4n) is 1.97. The molecular formula is C9H20N2. The Hall–Kier alpha value is -0.0800. The van der Waals surface area contributed by atoms with E-state index >= 15 is 0 Å². The maximum atomic E-state index is 3.42. The van der Waals surface area contributed by atoms with E-state index in [9.17, 15) is 0 Å². The largest absolute Gasteiger partial charge is 0.253 e. The lowest BCUT2D eigenvalue weighted by molar-refractivity contribution is 0.207. The normalized spacial score (nSPS) is 22.9. The second-order valence-electron chi connectivity index (χ2n) is 3.86. The van der Waals surface area contributed by atoms with Crippen molar-refractivity contribution >= 4 is 0 Å². The van der Waals surface area contributed by atoms with Crippen LogP contribution >= 0.6 is 0 Å². The third kappa shape index (κ3) is 2.80. The Bertz CT molecular complexity index is 106. The van der Waals surface area contributed by atoms with Gasteiger partial charge in [0.1, 0.15) is 0 Å². The van der Waals surface area contributed by atoms with Gasteiger partial charge in [-0.05, 0) is 25.7 Å². The average Bonchev–Trinajstić information content (AvgIpc) is 2.35. The molecule has 0 aromatic rings. The molecule has 0 heterocycles. The first-order valence-corrected chi connectivity index (χ1v) is 4.63. The van der Waals surface area contributed by atoms with Crippen LogP contribution in [0.25, 0.3) is 0 Å². The number of rotatable bonds is 3. The highest BCUT2D eigenvalue weighted by Crippen LogP contribution is 2.27. The van der Waals surface area contributed by atoms with Crippen LogP contribution in [0.1, 0.15) is 32.6 Å². The van der Waals surface area contributed by atoms with Gasteiger partial charge in [0, 0.05) is 20.1 Å². The van der Waals surface area contributed by atoms with E-state index in [0.717, 1.165) is 5.92 Å². The lowest BCUT2D eigenvalue weighted by atomic mass is 10.0. The summed E-state index contributed by atoms with van der Waals surface area (Å²) in [6, 6.07) is 0.660. The van der Waals surface area contributed by atoms with Gasteiger partial charge >= 0.3 is 0 Å². The Kier molecular flexibility index (Phi) is 3.34. The van der Waals surface area contributed by atoms with E-state index in [2.05, 4.69) is 31.5 Å². The molecule has 11 heavy (non-hydrogen) atoms. The third-order valence-electron chi connectivity index (χ3n) is 2.57. The van der Waals surface area contributed by atoms with Gasteiger partial charge in [-0.25, -0.2) is 0 Å². The molecule has 66 valence electrons. The van der Waals surface area contributed by atoms with Crippen LogP contribution in [-0.2, 0) is 0 Å². The second kappa shape index (κ2) is 4.07. The number of nitrogens with one attached hydrogen (secondary N) is 1. The van der Waals surface area contributed by atoms with Crippen LogP contribution in [0.5, 0.6) is 0 Å². The Morgan fingerprint density at radius 2 is 1.82 bits per heavy atom. The standard InChI is InChI=1S/C9H20N2/c1-8(10-11(2)3)9-6-4-5-7-9/h8-10H,4-7H2,1-3H3. The summed E-state index contributed by atoms with van der Waals surface area (Å²) in [5.41, 5.74) is 3.42. The smallest absolute Gasteiger partial charge is 0.0215 e. The molecular weight excluding hydrogens is 136 g/mol. The van der Waals surface area contributed by atoms with Crippen molar-refractivity contribution in [2.75, 3.05) is 14.1 Å². The van der Waals surface area contributed by atoms with E-state index in [1.54, 1.807) is 0 Å². The highest BCUT2D eigenvalue weighted by molar-refractivity contribution is 4.75. The lowest BCUT2D eigenvalue weighted by Crippen LogP contribution is -2.41. The summed E-state index contributed by atoms with van der Waals surface area (Å²) in [5.74, 6) is 0.914. The predicted molar refractivity (Wildman–Crippen MR) is 48.2 cm³/mol. The zero-order valence-corrected chi connectivity index (χ0v) is 7.93. The van der Waals surface area contributed by atoms with E-state index in [1.165, 1.54) is 25.7 Å². The van der Waals surface area contributed by atoms with Gasteiger partial charge in [-0.2, -0.15) is 0 Å². The summed E-state index contributed by atoms with van der Waals surface area (Å²) in [7, 11) is 4.12. The fourth-order valence-corrected chi connectivity index (χ4v) is 1.97. The predicted octanol–water partition coefficient (Wildman–Crippen LogP) is 1.63. The second-order valence-corrected chi connectivity index (χ2v) is 3.86. The molecule has 1 N–H and O–H groups in total. The van der Waals surface area contributed by atoms with E-state index in [1.807, 2.05) is 0 Å². The first kappa shape index (κ1) is 9.01. The van der Waals surface area contributed by atoms with E-state index < -0.39 is 0 Å². The summed E-state index contributed by atoms with van der Waals surface area (Å²) >= 11 is 0. The van der Waals surface area contributed by atoms with Gasteiger partial charge in [-0.3, -0.25) is 10.4 Å². The molecule has 0 aliphatic heterocycles. The Morgan fingerprint density at radius 3 is 2.27 bits per heavy atom. The maximum Gasteiger partial charge on any atom is 0.0215 e. The minimum Gasteiger partial charge on any atom is -0.253 e. The molecule has 1 aliphatic rings. The summed E-state index contributed by atoms with van der Waals surface area (Å²) in [4.78, 5) is 0. The van der Waals surface area contributed by atoms with Crippen LogP contribution in [0.4, 0.5) is 0 Å². The topological polar surface area (TPSA) is 15.3 Å². The van der Waals surface area contributed by atoms with Gasteiger partial charge in [-0.1, -0.05) is 12.8 Å². The minimum absolute atomic E-state index is 0.660. The Morgan fingerprint density at radius 1 is 1.27 bits per heavy atom. The van der Waals surface area contributed by atoms with Gasteiger partial charge in [0.25, 0.3) is 0 Å². The summed E-state index contributed by atoms with van der Waals surface area (Å²) < 4.78 is 0. The van der Waals surface area contributed by atoms with Gasteiger partial charge < -0.3 is 0 Å². The molecule has 0 aromatic heterocycles. The highest BCUT2D eigenvalue weighted by atomic mass is 15.5. The van der Waals surface area contributed by atoms with Crippen molar-refractivity contribution in [3.63, 3.8) is 0 Å². The quantitative estimate of drug-likeness (QED) is 0.625. The third-order valence-corrected chi connectivity index (χ3v) is 2.57. The lowest BCUT2D eigenvalue weighted by Gasteiger charge is -2.24. The van der Waals surface area contributed by atoms with Gasteiger partial charge in [0.15, 0.2) is 0 Å². The monoisotopic (exact) mass is 156 g/mol. The van der Waals surface area contributed by atoms with Crippen LogP contribution in [0.15, 0.2) is 0 Å². The molecule has 1 rings (SSSR count). The molecule has 2 heteroatoms. The molecule has 1 aliphatic carbocycles. The zero-order valence-electron chi connectivity index (χ0n) is 7.93. The SMILES string of the molecule is CC(NN(C)C)C1CCCC1. The van der Waals surface area contributed by atoms with Gasteiger partial charge in [0.2, 0.25) is 0 Å². The van der Waals surface area contributed by atoms with Crippen LogP contribution in [0.2, 0.25) is 0 Å². The minimum atomic E-state index is 0.660. The maximum absolute atomic E-state index is 3.42. The molecule has 0 radical (unpaired) electrons. The van der Waals surface area contributed by atoms with Crippen LogP contribution in [-0.4, -0.2) is 25.1 Å². The van der Waals surface area contributed by atoms with E-state index in [-0.39, 0.29) is 0 Å². The first-order valence-electron chi connectivity index (χ1n) is 4.63. The fraction of sp³-hybridized carbons (Fsp3) is 1.00. The first-order chi connectivity index (χ1) is 5.20. The molecule has 1 saturated carbocycles. The molecule has 1 atom stereocenters. The molecule has 0 bridgehead atoms. The summed E-state index contributed by atoms with van der Waals surface area (Å²) in [6.07, 6.45) is 5.71. The van der Waals surface area contributed by atoms with Crippen molar-refractivity contribution in [3.05, 3.63) is 0 Å². The van der Waals surface area contributed by atoms with Crippen LogP contribution < -0.4 is 5.43 Å². The Balaban J connectivity index is 2.22. The van der Waals surface area contributed by atoms with Crippen molar-refractivity contribution in [1.82, 2.24) is 10.4 Å². The van der Waals surface area contributed by atoms with Crippen molar-refractivity contribution in [1.29, 1.82) is 0 Å². The number of nitrogens with zero attached hydrogens (tertiary/aromatic N) is 1. The molecule has 0 saturated heterocycles. The van der Waals surface area contributed by atoms with E-state index in [0.29, 0.717) is 6.04 Å². The molecule has 0 aromatic carbocycles. The summed E-state index contributed by atoms with van der Waals surface area (Å²) in [5, 5.41) is 2.06. The van der Waals surface area contributed by atoms with Crippen molar-refractivity contribution in [2.24, 2.45) is 5.92 Å². The van der Waals surface area contributed by atoms with Crippen molar-refractivity contribution in [3.8, 4) is 0 Å². The van der Waals surface area contributed by atoms with Crippen molar-refractivity contribution < 1.29 is 0 Å². The molecule has 2 nitrogen and oxygen atoms in total. The van der Waals surface area contributed by atoms with Crippen molar-refractivity contribution in [2.45, 2.75) is 38.6 Å². The molecule has 0 spiro atoms. The molecule has 1 fully saturated rings. The van der Waals surface area contributed by atoms with Gasteiger partial charge in [-0.15, -0.1) is 0 Å². The van der Waals surface area contributed by atoms with Gasteiger partial charge in [0.05, 0.1) is 0 Å². The highest BCUT2D eigenvalue weighted by Gasteiger charge is 2.21. The average molecular weight is 156 g/mol. The van der Waals surface area contributed by atoms with Crippen LogP contribution in [0, 0.1) is 5.92 Å². The number of hydrazine groups is 1. The zero-order chi connectivity index (χ0) is 8.27. The van der Waals surface area contributed by atoms with Crippen LogP contribution in [0.3, 0.4) is 0 Å². The molecule has 0 amide bonds.